The first-order chi connectivity index (χ1) is 13.2. The average molecular weight is 386 g/mol. The number of rotatable bonds is 3. The van der Waals surface area contributed by atoms with Crippen molar-refractivity contribution in [3.8, 4) is 11.1 Å². The zero-order chi connectivity index (χ0) is 18.4. The molecule has 1 aliphatic heterocycles. The van der Waals surface area contributed by atoms with Gasteiger partial charge >= 0.3 is 5.69 Å². The van der Waals surface area contributed by atoms with Crippen LogP contribution in [0.15, 0.2) is 35.4 Å². The molecule has 2 N–H and O–H groups in total. The first-order valence-corrected chi connectivity index (χ1v) is 8.99. The molecule has 27 heavy (non-hydrogen) atoms. The van der Waals surface area contributed by atoms with Gasteiger partial charge < -0.3 is 14.5 Å². The number of hydrogen-bond acceptors (Lipinski definition) is 5. The number of nitrogens with one attached hydrogen (secondary N) is 2. The van der Waals surface area contributed by atoms with Crippen LogP contribution in [0.1, 0.15) is 0 Å². The molecule has 4 aromatic rings. The van der Waals surface area contributed by atoms with Crippen LogP contribution in [-0.4, -0.2) is 50.4 Å². The van der Waals surface area contributed by atoms with E-state index >= 15 is 0 Å². The summed E-state index contributed by atoms with van der Waals surface area (Å²) in [5.74, 6) is 0. The number of halogens is 1. The summed E-state index contributed by atoms with van der Waals surface area (Å²) in [6.07, 6.45) is 3.40. The van der Waals surface area contributed by atoms with Crippen molar-refractivity contribution in [2.45, 2.75) is 12.6 Å². The molecule has 0 unspecified atom stereocenters. The van der Waals surface area contributed by atoms with E-state index in [0.29, 0.717) is 48.2 Å². The molecule has 5 heterocycles. The summed E-state index contributed by atoms with van der Waals surface area (Å²) in [4.78, 5) is 27.0. The smallest absolute Gasteiger partial charge is 0.327 e. The highest BCUT2D eigenvalue weighted by Crippen LogP contribution is 2.30. The van der Waals surface area contributed by atoms with E-state index in [4.69, 9.17) is 21.1 Å². The first kappa shape index (κ1) is 16.5. The van der Waals surface area contributed by atoms with Gasteiger partial charge in [-0.15, -0.1) is 0 Å². The summed E-state index contributed by atoms with van der Waals surface area (Å²) in [5, 5.41) is 1.28. The van der Waals surface area contributed by atoms with Gasteiger partial charge in [0.15, 0.2) is 5.65 Å². The minimum Gasteiger partial charge on any atom is -0.376 e. The van der Waals surface area contributed by atoms with Crippen LogP contribution < -0.4 is 5.69 Å². The summed E-state index contributed by atoms with van der Waals surface area (Å²) < 4.78 is 12.7. The largest absolute Gasteiger partial charge is 0.376 e. The van der Waals surface area contributed by atoms with Crippen LogP contribution in [-0.2, 0) is 16.0 Å². The molecule has 0 aliphatic carbocycles. The Balaban J connectivity index is 1.61. The van der Waals surface area contributed by atoms with Crippen molar-refractivity contribution in [3.63, 3.8) is 0 Å². The van der Waals surface area contributed by atoms with Gasteiger partial charge in [0.25, 0.3) is 0 Å². The normalized spacial score (nSPS) is 17.7. The van der Waals surface area contributed by atoms with Gasteiger partial charge in [0.05, 0.1) is 38.0 Å². The van der Waals surface area contributed by atoms with Gasteiger partial charge in [0.1, 0.15) is 10.8 Å². The maximum Gasteiger partial charge on any atom is 0.327 e. The summed E-state index contributed by atoms with van der Waals surface area (Å²) in [6, 6.07) is 5.79. The second kappa shape index (κ2) is 6.49. The minimum atomic E-state index is -0.251. The highest BCUT2D eigenvalue weighted by molar-refractivity contribution is 6.32. The molecule has 0 amide bonds. The van der Waals surface area contributed by atoms with Crippen molar-refractivity contribution in [3.05, 3.63) is 46.2 Å². The fraction of sp³-hybridized carbons (Fsp3) is 0.278. The third-order valence-electron chi connectivity index (χ3n) is 4.70. The highest BCUT2D eigenvalue weighted by Gasteiger charge is 2.20. The fourth-order valence-corrected chi connectivity index (χ4v) is 3.62. The van der Waals surface area contributed by atoms with Crippen molar-refractivity contribution in [2.75, 3.05) is 19.8 Å². The lowest BCUT2D eigenvalue weighted by atomic mass is 10.1. The van der Waals surface area contributed by atoms with Crippen molar-refractivity contribution < 1.29 is 9.47 Å². The zero-order valence-electron chi connectivity index (χ0n) is 14.2. The molecule has 0 saturated carbocycles. The topological polar surface area (TPSA) is 97.8 Å². The molecular formula is C18H16ClN5O3. The standard InChI is InChI=1S/C18H16ClN5O3/c19-15-13(11-5-10-1-2-20-16(10)21-7-11)6-14-17(22-15)23-18(25)24(14)8-12-9-26-3-4-27-12/h1-2,5-7,12H,3-4,8-9H2,(H,20,21)(H,22,23,25)/t12-/m0/s1. The van der Waals surface area contributed by atoms with E-state index in [-0.39, 0.29) is 11.8 Å². The zero-order valence-corrected chi connectivity index (χ0v) is 15.0. The van der Waals surface area contributed by atoms with Crippen LogP contribution in [0, 0.1) is 0 Å². The Morgan fingerprint density at radius 3 is 3.07 bits per heavy atom. The van der Waals surface area contributed by atoms with E-state index in [2.05, 4.69) is 19.9 Å². The molecule has 8 nitrogen and oxygen atoms in total. The van der Waals surface area contributed by atoms with Crippen LogP contribution in [0.3, 0.4) is 0 Å². The number of imidazole rings is 1. The van der Waals surface area contributed by atoms with E-state index in [1.54, 1.807) is 10.8 Å². The SMILES string of the molecule is O=c1[nH]c2nc(Cl)c(-c3cnc4[nH]ccc4c3)cc2n1C[C@H]1COCCO1. The Hall–Kier alpha value is -2.68. The van der Waals surface area contributed by atoms with Gasteiger partial charge in [0.2, 0.25) is 0 Å². The summed E-state index contributed by atoms with van der Waals surface area (Å²) in [6.45, 7) is 1.95. The van der Waals surface area contributed by atoms with E-state index in [0.717, 1.165) is 16.6 Å². The summed E-state index contributed by atoms with van der Waals surface area (Å²) >= 11 is 6.39. The minimum absolute atomic E-state index is 0.174. The predicted octanol–water partition coefficient (Wildman–Crippen LogP) is 2.34. The van der Waals surface area contributed by atoms with Crippen LogP contribution in [0.2, 0.25) is 5.15 Å². The van der Waals surface area contributed by atoms with Gasteiger partial charge in [-0.25, -0.2) is 14.8 Å². The Bertz CT molecular complexity index is 1190. The number of nitrogens with zero attached hydrogens (tertiary/aromatic N) is 3. The molecule has 0 aromatic carbocycles. The van der Waals surface area contributed by atoms with E-state index in [1.807, 2.05) is 24.4 Å². The first-order valence-electron chi connectivity index (χ1n) is 8.61. The maximum atomic E-state index is 12.4. The molecule has 0 spiro atoms. The molecule has 1 saturated heterocycles. The van der Waals surface area contributed by atoms with Gasteiger partial charge in [-0.05, 0) is 18.2 Å². The maximum absolute atomic E-state index is 12.4. The molecule has 4 aromatic heterocycles. The molecule has 9 heteroatoms. The van der Waals surface area contributed by atoms with Gasteiger partial charge in [-0.3, -0.25) is 9.55 Å². The van der Waals surface area contributed by atoms with Crippen LogP contribution in [0.25, 0.3) is 33.3 Å². The number of aromatic amines is 2. The fourth-order valence-electron chi connectivity index (χ4n) is 3.37. The Kier molecular flexibility index (Phi) is 3.96. The van der Waals surface area contributed by atoms with Crippen molar-refractivity contribution >= 4 is 33.8 Å². The number of H-pyrrole nitrogens is 2. The second-order valence-corrected chi connectivity index (χ2v) is 6.80. The summed E-state index contributed by atoms with van der Waals surface area (Å²) in [5.41, 5.74) is 3.21. The lowest BCUT2D eigenvalue weighted by Gasteiger charge is -2.23. The van der Waals surface area contributed by atoms with Crippen molar-refractivity contribution in [1.29, 1.82) is 0 Å². The molecule has 5 rings (SSSR count). The van der Waals surface area contributed by atoms with Crippen molar-refractivity contribution in [1.82, 2.24) is 24.5 Å². The lowest BCUT2D eigenvalue weighted by molar-refractivity contribution is -0.0934. The number of pyridine rings is 2. The van der Waals surface area contributed by atoms with E-state index in [1.165, 1.54) is 0 Å². The molecule has 138 valence electrons. The molecular weight excluding hydrogens is 370 g/mol. The summed E-state index contributed by atoms with van der Waals surface area (Å²) in [7, 11) is 0. The van der Waals surface area contributed by atoms with Crippen LogP contribution in [0.5, 0.6) is 0 Å². The molecule has 0 radical (unpaired) electrons. The Morgan fingerprint density at radius 1 is 1.30 bits per heavy atom. The third kappa shape index (κ3) is 2.91. The van der Waals surface area contributed by atoms with Crippen LogP contribution in [0.4, 0.5) is 0 Å². The molecule has 1 atom stereocenters. The number of ether oxygens (including phenoxy) is 2. The van der Waals surface area contributed by atoms with Crippen molar-refractivity contribution in [2.24, 2.45) is 0 Å². The Morgan fingerprint density at radius 2 is 2.22 bits per heavy atom. The lowest BCUT2D eigenvalue weighted by Crippen LogP contribution is -2.34. The average Bonchev–Trinajstić information content (AvgIpc) is 3.26. The van der Waals surface area contributed by atoms with E-state index < -0.39 is 0 Å². The quantitative estimate of drug-likeness (QED) is 0.527. The number of fused-ring (bicyclic) bond motifs is 2. The predicted molar refractivity (Wildman–Crippen MR) is 101 cm³/mol. The molecule has 0 bridgehead atoms. The number of aromatic nitrogens is 5. The van der Waals surface area contributed by atoms with Crippen LogP contribution >= 0.6 is 11.6 Å². The number of hydrogen-bond donors (Lipinski definition) is 2. The van der Waals surface area contributed by atoms with Gasteiger partial charge in [-0.2, -0.15) is 0 Å². The van der Waals surface area contributed by atoms with Gasteiger partial charge in [-0.1, -0.05) is 11.6 Å². The molecule has 1 fully saturated rings. The molecule has 1 aliphatic rings. The monoisotopic (exact) mass is 385 g/mol. The van der Waals surface area contributed by atoms with Gasteiger partial charge in [0, 0.05) is 28.9 Å². The third-order valence-corrected chi connectivity index (χ3v) is 4.99. The Labute approximate surface area is 158 Å². The highest BCUT2D eigenvalue weighted by atomic mass is 35.5. The second-order valence-electron chi connectivity index (χ2n) is 6.44. The van der Waals surface area contributed by atoms with E-state index in [9.17, 15) is 4.79 Å².